The second-order valence-corrected chi connectivity index (χ2v) is 32.5. The number of hydrogen-bond acceptors (Lipinski definition) is 14. The molecule has 1 aliphatic heterocycles. The van der Waals surface area contributed by atoms with Gasteiger partial charge in [0.15, 0.2) is 0 Å². The van der Waals surface area contributed by atoms with Gasteiger partial charge in [-0.1, -0.05) is 170 Å². The summed E-state index contributed by atoms with van der Waals surface area (Å²) in [4.78, 5) is 199. The summed E-state index contributed by atoms with van der Waals surface area (Å²) in [5.74, 6) is -13.0. The summed E-state index contributed by atoms with van der Waals surface area (Å²) >= 11 is 0. The lowest BCUT2D eigenvalue weighted by Crippen LogP contribution is -2.74. The van der Waals surface area contributed by atoms with Crippen LogP contribution >= 0.6 is 7.82 Å². The van der Waals surface area contributed by atoms with E-state index >= 15 is 24.0 Å². The molecule has 0 radical (unpaired) electrons. The first kappa shape index (κ1) is 91.6. The molecule has 2 aromatic carbocycles. The molecular formula is C77H126N11O16P. The molecule has 11 amide bonds. The average Bonchev–Trinajstić information content (AvgIpc) is 0.731. The number of allylic oxidation sites excluding steroid dienone is 2. The van der Waals surface area contributed by atoms with Crippen LogP contribution in [0.25, 0.3) is 0 Å². The SMILES string of the molecule is C/C=C/C[C@@H](C)[C@@H](O)[C@H]1C(=O)N[C@@H](CC)C(=O)N(C)CC(=O)N(C)[C@@H](CC(C)C)C(=O)N[C@@H](C(C)C)C(=O)N(C)[C@@H](CC(C)C)C(=O)N[C@@H](C)C(=O)N[C@H](C)C(=O)N(C)[C@](Cc2ccccc2)(CC(C)C)C(=O)N(C)[C@](Cc2ccccc2)(CC(C)C)C(=O)N(C)[C@](COP(=O)(O)O)(C(C)C)C(=O)N1C. The van der Waals surface area contributed by atoms with Gasteiger partial charge in [0.25, 0.3) is 5.91 Å². The highest BCUT2D eigenvalue weighted by molar-refractivity contribution is 7.46. The van der Waals surface area contributed by atoms with Crippen molar-refractivity contribution in [3.8, 4) is 0 Å². The molecule has 0 aliphatic carbocycles. The molecule has 1 fully saturated rings. The quantitative estimate of drug-likeness (QED) is 0.0527. The van der Waals surface area contributed by atoms with Crippen LogP contribution < -0.4 is 21.3 Å². The highest BCUT2D eigenvalue weighted by atomic mass is 31.2. The van der Waals surface area contributed by atoms with Crippen LogP contribution in [-0.2, 0) is 74.7 Å². The number of rotatable bonds is 22. The Labute approximate surface area is 624 Å². The predicted molar refractivity (Wildman–Crippen MR) is 404 cm³/mol. The summed E-state index contributed by atoms with van der Waals surface area (Å²) in [5, 5.41) is 23.7. The highest BCUT2D eigenvalue weighted by Crippen LogP contribution is 2.43. The van der Waals surface area contributed by atoms with E-state index in [9.17, 15) is 48.2 Å². The maximum Gasteiger partial charge on any atom is 0.469 e. The number of phosphoric acid groups is 1. The van der Waals surface area contributed by atoms with Gasteiger partial charge in [0.2, 0.25) is 59.1 Å². The van der Waals surface area contributed by atoms with Crippen molar-refractivity contribution in [2.45, 2.75) is 234 Å². The number of aliphatic hydroxyl groups excluding tert-OH is 1. The zero-order valence-corrected chi connectivity index (χ0v) is 67.8. The van der Waals surface area contributed by atoms with Crippen molar-refractivity contribution in [3.05, 3.63) is 83.9 Å². The Morgan fingerprint density at radius 1 is 0.552 bits per heavy atom. The van der Waals surface area contributed by atoms with E-state index in [0.29, 0.717) is 11.1 Å². The van der Waals surface area contributed by atoms with Crippen molar-refractivity contribution in [1.29, 1.82) is 0 Å². The van der Waals surface area contributed by atoms with Crippen LogP contribution in [0.2, 0.25) is 0 Å². The van der Waals surface area contributed by atoms with E-state index in [0.717, 1.165) is 19.6 Å². The van der Waals surface area contributed by atoms with E-state index in [1.165, 1.54) is 91.7 Å². The molecular weight excluding hydrogens is 1370 g/mol. The van der Waals surface area contributed by atoms with Crippen molar-refractivity contribution in [1.82, 2.24) is 55.6 Å². The molecule has 0 unspecified atom stereocenters. The van der Waals surface area contributed by atoms with Gasteiger partial charge in [0, 0.05) is 62.2 Å². The first-order valence-corrected chi connectivity index (χ1v) is 38.4. The van der Waals surface area contributed by atoms with Crippen LogP contribution in [0.5, 0.6) is 0 Å². The predicted octanol–water partition coefficient (Wildman–Crippen LogP) is 5.97. The van der Waals surface area contributed by atoms with Crippen LogP contribution in [0.15, 0.2) is 72.8 Å². The standard InChI is InChI=1S/C77H126N11O16P/c1-25-27-34-53(15)64(90)63-68(94)80-58(26-2)70(96)82(18)45-61(89)83(19)59(39-47(3)4)67(93)81-62(51(11)12)71(97)84(20)60(40-48(5)6)66(92)78-54(16)65(91)79-55(17)69(95)86(22)75(41-49(7)8,43-56-35-30-28-31-36-56)72(98)87(23)76(42-50(9)10,44-57-37-32-29-33-38-57)73(99)88(24)77(52(13)14,74(100)85(63)21)46-104-105(101,102)103/h25,27-33,35-38,47-55,58-60,62-64,90H,26,34,39-46H2,1-24H3,(H,78,92)(H,79,91)(H,80,94)(H,81,93)(H2,101,102,103)/b27-25+/t53-,54+,55-,58+,59+,60+,62+,63+,64-,75+,76+,77-/m1/s1. The van der Waals surface area contributed by atoms with Gasteiger partial charge < -0.3 is 70.5 Å². The van der Waals surface area contributed by atoms with E-state index in [1.807, 2.05) is 55.4 Å². The summed E-state index contributed by atoms with van der Waals surface area (Å²) in [6, 6.07) is 7.78. The average molecular weight is 1490 g/mol. The summed E-state index contributed by atoms with van der Waals surface area (Å²) in [6.45, 7) is 27.0. The highest BCUT2D eigenvalue weighted by Gasteiger charge is 2.60. The van der Waals surface area contributed by atoms with Gasteiger partial charge in [-0.3, -0.25) is 57.3 Å². The lowest BCUT2D eigenvalue weighted by molar-refractivity contribution is -0.174. The lowest BCUT2D eigenvalue weighted by atomic mass is 9.74. The van der Waals surface area contributed by atoms with Crippen LogP contribution in [0.1, 0.15) is 167 Å². The Kier molecular flexibility index (Phi) is 34.8. The molecule has 0 saturated carbocycles. The minimum absolute atomic E-state index is 0.0551. The number of nitrogens with one attached hydrogen (secondary N) is 4. The molecule has 0 bridgehead atoms. The monoisotopic (exact) mass is 1490 g/mol. The fraction of sp³-hybridized carbons (Fsp3) is 0.675. The number of carbonyl (C=O) groups is 11. The van der Waals surface area contributed by atoms with Gasteiger partial charge in [-0.15, -0.1) is 0 Å². The maximum atomic E-state index is 17.2. The lowest BCUT2D eigenvalue weighted by Gasteiger charge is -2.53. The molecule has 2 aromatic rings. The van der Waals surface area contributed by atoms with E-state index in [2.05, 4.69) is 21.3 Å². The number of phosphoric ester groups is 1. The molecule has 1 saturated heterocycles. The topological polar surface area (TPSA) is 346 Å². The molecule has 1 aliphatic rings. The zero-order valence-electron chi connectivity index (χ0n) is 66.9. The van der Waals surface area contributed by atoms with Crippen molar-refractivity contribution in [2.75, 3.05) is 62.5 Å². The fourth-order valence-corrected chi connectivity index (χ4v) is 14.5. The molecule has 7 N–H and O–H groups in total. The van der Waals surface area contributed by atoms with E-state index < -0.39 is 175 Å². The molecule has 590 valence electrons. The fourth-order valence-electron chi connectivity index (χ4n) is 14.2. The van der Waals surface area contributed by atoms with Gasteiger partial charge in [0.05, 0.1) is 19.3 Å². The Balaban J connectivity index is 2.70. The first-order valence-electron chi connectivity index (χ1n) is 36.8. The Morgan fingerprint density at radius 2 is 1.01 bits per heavy atom. The largest absolute Gasteiger partial charge is 0.469 e. The first-order chi connectivity index (χ1) is 48.7. The van der Waals surface area contributed by atoms with Crippen molar-refractivity contribution < 1.29 is 76.7 Å². The van der Waals surface area contributed by atoms with Crippen LogP contribution in [0, 0.1) is 41.4 Å². The van der Waals surface area contributed by atoms with E-state index in [4.69, 9.17) is 4.52 Å². The van der Waals surface area contributed by atoms with Gasteiger partial charge in [-0.2, -0.15) is 0 Å². The third kappa shape index (κ3) is 23.5. The van der Waals surface area contributed by atoms with Crippen LogP contribution in [0.3, 0.4) is 0 Å². The summed E-state index contributed by atoms with van der Waals surface area (Å²) in [7, 11) is 3.79. The zero-order chi connectivity index (χ0) is 80.3. The van der Waals surface area contributed by atoms with Crippen molar-refractivity contribution >= 4 is 72.8 Å². The third-order valence-electron chi connectivity index (χ3n) is 20.4. The van der Waals surface area contributed by atoms with Crippen molar-refractivity contribution in [3.63, 3.8) is 0 Å². The molecule has 0 spiro atoms. The third-order valence-corrected chi connectivity index (χ3v) is 20.8. The number of hydrogen-bond donors (Lipinski definition) is 7. The van der Waals surface area contributed by atoms with Gasteiger partial charge in [-0.25, -0.2) is 4.57 Å². The van der Waals surface area contributed by atoms with Crippen LogP contribution in [-0.4, -0.2) is 242 Å². The van der Waals surface area contributed by atoms with Gasteiger partial charge in [-0.05, 0) is 112 Å². The minimum atomic E-state index is -5.60. The number of nitrogens with zero attached hydrogens (tertiary/aromatic N) is 7. The van der Waals surface area contributed by atoms with Gasteiger partial charge >= 0.3 is 7.82 Å². The number of amides is 11. The van der Waals surface area contributed by atoms with E-state index in [-0.39, 0.29) is 69.1 Å². The van der Waals surface area contributed by atoms with Crippen molar-refractivity contribution in [2.24, 2.45) is 41.4 Å². The number of aliphatic hydroxyl groups is 1. The van der Waals surface area contributed by atoms with Gasteiger partial charge in [0.1, 0.15) is 58.9 Å². The summed E-state index contributed by atoms with van der Waals surface area (Å²) in [5.41, 5.74) is -5.51. The van der Waals surface area contributed by atoms with Crippen LogP contribution in [0.4, 0.5) is 0 Å². The normalized spacial score (nSPS) is 26.3. The molecule has 105 heavy (non-hydrogen) atoms. The molecule has 28 heteroatoms. The maximum absolute atomic E-state index is 17.2. The Morgan fingerprint density at radius 3 is 1.45 bits per heavy atom. The number of benzene rings is 2. The van der Waals surface area contributed by atoms with E-state index in [1.54, 1.807) is 107 Å². The summed E-state index contributed by atoms with van der Waals surface area (Å²) in [6.07, 6.45) is 1.27. The Hall–Kier alpha value is -7.58. The second kappa shape index (κ2) is 39.9. The second-order valence-electron chi connectivity index (χ2n) is 31.3. The molecule has 1 heterocycles. The number of carbonyl (C=O) groups excluding carboxylic acids is 11. The minimum Gasteiger partial charge on any atom is -0.390 e. The molecule has 12 atom stereocenters. The molecule has 0 aromatic heterocycles. The number of likely N-dealkylation sites (N-methyl/N-ethyl adjacent to an activating group) is 7. The summed E-state index contributed by atoms with van der Waals surface area (Å²) < 4.78 is 18.6. The Bertz CT molecular complexity index is 3370. The molecule has 3 rings (SSSR count). The molecule has 27 nitrogen and oxygen atoms in total. The smallest absolute Gasteiger partial charge is 0.390 e.